The lowest BCUT2D eigenvalue weighted by atomic mass is 10.0. The number of nitrogens with one attached hydrogen (secondary N) is 1. The molecular weight excluding hydrogens is 206 g/mol. The molecule has 0 aliphatic heterocycles. The second-order valence-electron chi connectivity index (χ2n) is 4.21. The summed E-state index contributed by atoms with van der Waals surface area (Å²) in [7, 11) is 0. The highest BCUT2D eigenvalue weighted by Gasteiger charge is 2.17. The fourth-order valence-electron chi connectivity index (χ4n) is 2.15. The number of hydrogen-bond donors (Lipinski definition) is 1. The molecule has 0 spiro atoms. The van der Waals surface area contributed by atoms with E-state index in [0.717, 1.165) is 6.42 Å². The van der Waals surface area contributed by atoms with Crippen LogP contribution in [0, 0.1) is 5.92 Å². The van der Waals surface area contributed by atoms with Crippen LogP contribution >= 0.6 is 11.3 Å². The van der Waals surface area contributed by atoms with Gasteiger partial charge in [0.2, 0.25) is 5.91 Å². The molecule has 0 atom stereocenters. The Morgan fingerprint density at radius 3 is 2.93 bits per heavy atom. The Morgan fingerprint density at radius 2 is 2.27 bits per heavy atom. The van der Waals surface area contributed by atoms with Gasteiger partial charge in [-0.15, -0.1) is 11.3 Å². The molecular formula is C12H17NOS. The van der Waals surface area contributed by atoms with E-state index in [1.54, 1.807) is 11.3 Å². The fourth-order valence-corrected chi connectivity index (χ4v) is 2.79. The summed E-state index contributed by atoms with van der Waals surface area (Å²) >= 11 is 1.69. The zero-order valence-corrected chi connectivity index (χ0v) is 9.69. The van der Waals surface area contributed by atoms with Crippen LogP contribution in [0.1, 0.15) is 37.0 Å². The smallest absolute Gasteiger partial charge is 0.220 e. The van der Waals surface area contributed by atoms with E-state index in [4.69, 9.17) is 0 Å². The molecule has 1 N–H and O–H groups in total. The van der Waals surface area contributed by atoms with Crippen molar-refractivity contribution in [1.82, 2.24) is 5.32 Å². The molecule has 82 valence electrons. The van der Waals surface area contributed by atoms with Gasteiger partial charge in [0.15, 0.2) is 0 Å². The van der Waals surface area contributed by atoms with Crippen LogP contribution in [-0.4, -0.2) is 5.91 Å². The average molecular weight is 223 g/mol. The first-order chi connectivity index (χ1) is 7.34. The fraction of sp³-hybridized carbons (Fsp3) is 0.583. The van der Waals surface area contributed by atoms with Crippen LogP contribution in [0.15, 0.2) is 17.5 Å². The van der Waals surface area contributed by atoms with Gasteiger partial charge < -0.3 is 5.32 Å². The standard InChI is InChI=1S/C12H17NOS/c14-12(8-10-4-1-2-5-10)13-9-11-6-3-7-15-11/h3,6-7,10H,1-2,4-5,8-9H2,(H,13,14). The van der Waals surface area contributed by atoms with Gasteiger partial charge in [0.1, 0.15) is 0 Å². The summed E-state index contributed by atoms with van der Waals surface area (Å²) in [5.74, 6) is 0.864. The molecule has 2 rings (SSSR count). The summed E-state index contributed by atoms with van der Waals surface area (Å²) < 4.78 is 0. The van der Waals surface area contributed by atoms with Crippen molar-refractivity contribution in [3.63, 3.8) is 0 Å². The van der Waals surface area contributed by atoms with Crippen LogP contribution in [-0.2, 0) is 11.3 Å². The molecule has 1 amide bonds. The number of hydrogen-bond acceptors (Lipinski definition) is 2. The van der Waals surface area contributed by atoms with Crippen LogP contribution in [0.25, 0.3) is 0 Å². The lowest BCUT2D eigenvalue weighted by molar-refractivity contribution is -0.122. The summed E-state index contributed by atoms with van der Waals surface area (Å²) in [6, 6.07) is 4.07. The van der Waals surface area contributed by atoms with Gasteiger partial charge in [-0.3, -0.25) is 4.79 Å². The van der Waals surface area contributed by atoms with E-state index in [2.05, 4.69) is 11.4 Å². The molecule has 0 aromatic carbocycles. The van der Waals surface area contributed by atoms with Gasteiger partial charge >= 0.3 is 0 Å². The topological polar surface area (TPSA) is 29.1 Å². The van der Waals surface area contributed by atoms with Crippen molar-refractivity contribution in [2.24, 2.45) is 5.92 Å². The van der Waals surface area contributed by atoms with Gasteiger partial charge in [-0.1, -0.05) is 18.9 Å². The first kappa shape index (κ1) is 10.7. The quantitative estimate of drug-likeness (QED) is 0.835. The van der Waals surface area contributed by atoms with Crippen molar-refractivity contribution in [2.45, 2.75) is 38.6 Å². The second-order valence-corrected chi connectivity index (χ2v) is 5.24. The molecule has 1 aliphatic rings. The Labute approximate surface area is 94.7 Å². The van der Waals surface area contributed by atoms with Crippen LogP contribution in [0.2, 0.25) is 0 Å². The van der Waals surface area contributed by atoms with E-state index >= 15 is 0 Å². The summed E-state index contributed by atoms with van der Waals surface area (Å²) in [5, 5.41) is 5.02. The van der Waals surface area contributed by atoms with Gasteiger partial charge in [-0.05, 0) is 30.2 Å². The molecule has 1 aromatic rings. The Bertz CT molecular complexity index is 301. The van der Waals surface area contributed by atoms with E-state index in [9.17, 15) is 4.79 Å². The minimum absolute atomic E-state index is 0.218. The predicted molar refractivity (Wildman–Crippen MR) is 62.7 cm³/mol. The third kappa shape index (κ3) is 3.34. The summed E-state index contributed by atoms with van der Waals surface area (Å²) in [6.07, 6.45) is 5.83. The highest BCUT2D eigenvalue weighted by molar-refractivity contribution is 7.09. The first-order valence-corrected chi connectivity index (χ1v) is 6.51. The van der Waals surface area contributed by atoms with Crippen LogP contribution in [0.5, 0.6) is 0 Å². The largest absolute Gasteiger partial charge is 0.351 e. The Kier molecular flexibility index (Phi) is 3.78. The van der Waals surface area contributed by atoms with Crippen molar-refractivity contribution in [2.75, 3.05) is 0 Å². The highest BCUT2D eigenvalue weighted by atomic mass is 32.1. The molecule has 0 saturated heterocycles. The monoisotopic (exact) mass is 223 g/mol. The molecule has 2 nitrogen and oxygen atoms in total. The maximum atomic E-state index is 11.6. The van der Waals surface area contributed by atoms with Gasteiger partial charge in [0, 0.05) is 11.3 Å². The van der Waals surface area contributed by atoms with E-state index in [0.29, 0.717) is 12.5 Å². The van der Waals surface area contributed by atoms with Crippen LogP contribution in [0.3, 0.4) is 0 Å². The molecule has 0 unspecified atom stereocenters. The van der Waals surface area contributed by atoms with E-state index in [1.165, 1.54) is 30.6 Å². The first-order valence-electron chi connectivity index (χ1n) is 5.63. The molecule has 0 bridgehead atoms. The third-order valence-corrected chi connectivity index (χ3v) is 3.87. The van der Waals surface area contributed by atoms with E-state index < -0.39 is 0 Å². The summed E-state index contributed by atoms with van der Waals surface area (Å²) in [4.78, 5) is 12.8. The van der Waals surface area contributed by atoms with E-state index in [1.807, 2.05) is 11.4 Å². The molecule has 1 fully saturated rings. The normalized spacial score (nSPS) is 16.8. The lowest BCUT2D eigenvalue weighted by Gasteiger charge is -2.08. The molecule has 1 aromatic heterocycles. The van der Waals surface area contributed by atoms with Gasteiger partial charge in [0.25, 0.3) is 0 Å². The number of amides is 1. The van der Waals surface area contributed by atoms with Crippen molar-refractivity contribution >= 4 is 17.2 Å². The molecule has 3 heteroatoms. The second kappa shape index (κ2) is 5.31. The number of carbonyl (C=O) groups excluding carboxylic acids is 1. The Balaban J connectivity index is 1.68. The van der Waals surface area contributed by atoms with Crippen molar-refractivity contribution in [3.8, 4) is 0 Å². The number of carbonyl (C=O) groups is 1. The SMILES string of the molecule is O=C(CC1CCCC1)NCc1cccs1. The summed E-state index contributed by atoms with van der Waals surface area (Å²) in [5.41, 5.74) is 0. The van der Waals surface area contributed by atoms with E-state index in [-0.39, 0.29) is 5.91 Å². The Hall–Kier alpha value is -0.830. The minimum atomic E-state index is 0.218. The zero-order valence-electron chi connectivity index (χ0n) is 8.87. The predicted octanol–water partition coefficient (Wildman–Crippen LogP) is 2.94. The third-order valence-electron chi connectivity index (χ3n) is 2.99. The minimum Gasteiger partial charge on any atom is -0.351 e. The van der Waals surface area contributed by atoms with Crippen LogP contribution < -0.4 is 5.32 Å². The zero-order chi connectivity index (χ0) is 10.5. The van der Waals surface area contributed by atoms with Gasteiger partial charge in [0.05, 0.1) is 6.54 Å². The van der Waals surface area contributed by atoms with Crippen molar-refractivity contribution < 1.29 is 4.79 Å². The van der Waals surface area contributed by atoms with Crippen molar-refractivity contribution in [3.05, 3.63) is 22.4 Å². The average Bonchev–Trinajstić information content (AvgIpc) is 2.86. The molecule has 0 radical (unpaired) electrons. The maximum Gasteiger partial charge on any atom is 0.220 e. The maximum absolute atomic E-state index is 11.6. The lowest BCUT2D eigenvalue weighted by Crippen LogP contribution is -2.24. The van der Waals surface area contributed by atoms with Gasteiger partial charge in [-0.25, -0.2) is 0 Å². The van der Waals surface area contributed by atoms with Gasteiger partial charge in [-0.2, -0.15) is 0 Å². The van der Waals surface area contributed by atoms with Crippen LogP contribution in [0.4, 0.5) is 0 Å². The number of thiophene rings is 1. The Morgan fingerprint density at radius 1 is 1.47 bits per heavy atom. The molecule has 1 aliphatic carbocycles. The number of rotatable bonds is 4. The molecule has 15 heavy (non-hydrogen) atoms. The van der Waals surface area contributed by atoms with Crippen molar-refractivity contribution in [1.29, 1.82) is 0 Å². The highest BCUT2D eigenvalue weighted by Crippen LogP contribution is 2.27. The molecule has 1 saturated carbocycles. The summed E-state index contributed by atoms with van der Waals surface area (Å²) in [6.45, 7) is 0.698. The molecule has 1 heterocycles.